The van der Waals surface area contributed by atoms with Gasteiger partial charge in [0, 0.05) is 55.6 Å². The standard InChI is InChI=1S/C20H20N4O3/c25-24(26)18-8-6-17(7-9-18)23-12-10-22(11-13-23)15-19-14-20(21-27-19)16-4-2-1-3-5-16/h1-9,14H,10-13,15H2. The van der Waals surface area contributed by atoms with E-state index in [0.29, 0.717) is 0 Å². The second kappa shape index (κ2) is 7.59. The monoisotopic (exact) mass is 364 g/mol. The summed E-state index contributed by atoms with van der Waals surface area (Å²) in [5.74, 6) is 0.859. The SMILES string of the molecule is O=[N+]([O-])c1ccc(N2CCN(Cc3cc(-c4ccccc4)no3)CC2)cc1. The molecule has 1 aromatic heterocycles. The third-order valence-electron chi connectivity index (χ3n) is 4.81. The van der Waals surface area contributed by atoms with Gasteiger partial charge in [-0.25, -0.2) is 0 Å². The van der Waals surface area contributed by atoms with Gasteiger partial charge in [0.2, 0.25) is 0 Å². The Hall–Kier alpha value is -3.19. The van der Waals surface area contributed by atoms with E-state index in [-0.39, 0.29) is 10.6 Å². The van der Waals surface area contributed by atoms with E-state index in [2.05, 4.69) is 15.0 Å². The van der Waals surface area contributed by atoms with Crippen LogP contribution in [0.3, 0.4) is 0 Å². The molecule has 0 N–H and O–H groups in total. The number of benzene rings is 2. The molecule has 0 aliphatic carbocycles. The molecule has 1 aliphatic rings. The lowest BCUT2D eigenvalue weighted by Crippen LogP contribution is -2.45. The van der Waals surface area contributed by atoms with Gasteiger partial charge in [-0.3, -0.25) is 15.0 Å². The molecular formula is C20H20N4O3. The van der Waals surface area contributed by atoms with E-state index in [1.165, 1.54) is 0 Å². The zero-order valence-electron chi connectivity index (χ0n) is 14.8. The summed E-state index contributed by atoms with van der Waals surface area (Å²) in [6, 6.07) is 18.7. The van der Waals surface area contributed by atoms with Gasteiger partial charge in [0.05, 0.1) is 11.5 Å². The molecule has 1 saturated heterocycles. The number of hydrogen-bond donors (Lipinski definition) is 0. The summed E-state index contributed by atoms with van der Waals surface area (Å²) in [6.07, 6.45) is 0. The van der Waals surface area contributed by atoms with Crippen LogP contribution in [0.1, 0.15) is 5.76 Å². The predicted octanol–water partition coefficient (Wildman–Crippen LogP) is 3.57. The first-order valence-electron chi connectivity index (χ1n) is 8.92. The molecule has 138 valence electrons. The topological polar surface area (TPSA) is 75.7 Å². The van der Waals surface area contributed by atoms with Crippen LogP contribution < -0.4 is 4.90 Å². The van der Waals surface area contributed by atoms with Crippen LogP contribution in [-0.2, 0) is 6.54 Å². The van der Waals surface area contributed by atoms with Gasteiger partial charge in [0.1, 0.15) is 5.69 Å². The average molecular weight is 364 g/mol. The highest BCUT2D eigenvalue weighted by Gasteiger charge is 2.19. The maximum Gasteiger partial charge on any atom is 0.269 e. The van der Waals surface area contributed by atoms with Crippen molar-refractivity contribution >= 4 is 11.4 Å². The van der Waals surface area contributed by atoms with E-state index in [4.69, 9.17) is 4.52 Å². The molecule has 0 radical (unpaired) electrons. The van der Waals surface area contributed by atoms with Gasteiger partial charge in [0.15, 0.2) is 5.76 Å². The summed E-state index contributed by atoms with van der Waals surface area (Å²) in [7, 11) is 0. The fourth-order valence-corrected chi connectivity index (χ4v) is 3.30. The summed E-state index contributed by atoms with van der Waals surface area (Å²) >= 11 is 0. The Kier molecular flexibility index (Phi) is 4.84. The zero-order chi connectivity index (χ0) is 18.6. The molecule has 3 aromatic rings. The Morgan fingerprint density at radius 2 is 1.70 bits per heavy atom. The molecule has 7 heteroatoms. The van der Waals surface area contributed by atoms with Gasteiger partial charge in [0.25, 0.3) is 5.69 Å². The number of anilines is 1. The first kappa shape index (κ1) is 17.2. The Morgan fingerprint density at radius 1 is 1.00 bits per heavy atom. The predicted molar refractivity (Wildman–Crippen MR) is 103 cm³/mol. The van der Waals surface area contributed by atoms with Gasteiger partial charge < -0.3 is 9.42 Å². The van der Waals surface area contributed by atoms with Crippen molar-refractivity contribution in [3.63, 3.8) is 0 Å². The average Bonchev–Trinajstić information content (AvgIpc) is 3.18. The highest BCUT2D eigenvalue weighted by Crippen LogP contribution is 2.22. The number of rotatable bonds is 5. The van der Waals surface area contributed by atoms with E-state index in [9.17, 15) is 10.1 Å². The number of nitro groups is 1. The van der Waals surface area contributed by atoms with Crippen molar-refractivity contribution in [3.05, 3.63) is 76.5 Å². The van der Waals surface area contributed by atoms with Crippen LogP contribution in [-0.4, -0.2) is 41.2 Å². The van der Waals surface area contributed by atoms with Gasteiger partial charge in [-0.1, -0.05) is 35.5 Å². The Balaban J connectivity index is 1.33. The second-order valence-electron chi connectivity index (χ2n) is 6.58. The minimum atomic E-state index is -0.372. The van der Waals surface area contributed by atoms with Gasteiger partial charge in [-0.2, -0.15) is 0 Å². The summed E-state index contributed by atoms with van der Waals surface area (Å²) in [5, 5.41) is 14.9. The minimum Gasteiger partial charge on any atom is -0.369 e. The first-order valence-corrected chi connectivity index (χ1v) is 8.92. The van der Waals surface area contributed by atoms with E-state index < -0.39 is 0 Å². The normalized spacial score (nSPS) is 15.0. The van der Waals surface area contributed by atoms with Crippen LogP contribution >= 0.6 is 0 Å². The van der Waals surface area contributed by atoms with Crippen LogP contribution in [0, 0.1) is 10.1 Å². The highest BCUT2D eigenvalue weighted by atomic mass is 16.6. The molecule has 2 aromatic carbocycles. The molecule has 27 heavy (non-hydrogen) atoms. The van der Waals surface area contributed by atoms with Gasteiger partial charge in [-0.05, 0) is 12.1 Å². The molecule has 0 spiro atoms. The lowest BCUT2D eigenvalue weighted by atomic mass is 10.1. The molecule has 1 fully saturated rings. The number of non-ortho nitro benzene ring substituents is 1. The molecule has 0 saturated carbocycles. The summed E-state index contributed by atoms with van der Waals surface area (Å²) < 4.78 is 5.50. The number of nitrogens with zero attached hydrogens (tertiary/aromatic N) is 4. The second-order valence-corrected chi connectivity index (χ2v) is 6.58. The molecule has 0 bridgehead atoms. The molecule has 2 heterocycles. The third kappa shape index (κ3) is 3.98. The van der Waals surface area contributed by atoms with E-state index in [0.717, 1.165) is 55.4 Å². The largest absolute Gasteiger partial charge is 0.369 e. The molecule has 1 aliphatic heterocycles. The van der Waals surface area contributed by atoms with Crippen molar-refractivity contribution in [2.24, 2.45) is 0 Å². The minimum absolute atomic E-state index is 0.122. The van der Waals surface area contributed by atoms with Gasteiger partial charge in [-0.15, -0.1) is 0 Å². The fourth-order valence-electron chi connectivity index (χ4n) is 3.30. The number of aromatic nitrogens is 1. The third-order valence-corrected chi connectivity index (χ3v) is 4.81. The fraction of sp³-hybridized carbons (Fsp3) is 0.250. The maximum absolute atomic E-state index is 10.8. The Morgan fingerprint density at radius 3 is 2.37 bits per heavy atom. The summed E-state index contributed by atoms with van der Waals surface area (Å²) in [6.45, 7) is 4.28. The highest BCUT2D eigenvalue weighted by molar-refractivity contribution is 5.58. The summed E-state index contributed by atoms with van der Waals surface area (Å²) in [5.41, 5.74) is 3.05. The summed E-state index contributed by atoms with van der Waals surface area (Å²) in [4.78, 5) is 15.0. The zero-order valence-corrected chi connectivity index (χ0v) is 14.8. The maximum atomic E-state index is 10.8. The van der Waals surface area contributed by atoms with Crippen molar-refractivity contribution in [1.82, 2.24) is 10.1 Å². The number of hydrogen-bond acceptors (Lipinski definition) is 6. The van der Waals surface area contributed by atoms with Crippen LogP contribution in [0.5, 0.6) is 0 Å². The van der Waals surface area contributed by atoms with Gasteiger partial charge >= 0.3 is 0 Å². The molecule has 0 amide bonds. The van der Waals surface area contributed by atoms with Crippen molar-refractivity contribution in [1.29, 1.82) is 0 Å². The van der Waals surface area contributed by atoms with Crippen LogP contribution in [0.2, 0.25) is 0 Å². The molecule has 0 unspecified atom stereocenters. The van der Waals surface area contributed by atoms with E-state index in [1.54, 1.807) is 12.1 Å². The Bertz CT molecular complexity index is 900. The van der Waals surface area contributed by atoms with Crippen LogP contribution in [0.25, 0.3) is 11.3 Å². The lowest BCUT2D eigenvalue weighted by Gasteiger charge is -2.35. The molecule has 0 atom stereocenters. The molecule has 7 nitrogen and oxygen atoms in total. The van der Waals surface area contributed by atoms with E-state index >= 15 is 0 Å². The van der Waals surface area contributed by atoms with Crippen molar-refractivity contribution in [3.8, 4) is 11.3 Å². The molecule has 4 rings (SSSR count). The first-order chi connectivity index (χ1) is 13.2. The Labute approximate surface area is 157 Å². The number of piperazine rings is 1. The lowest BCUT2D eigenvalue weighted by molar-refractivity contribution is -0.384. The van der Waals surface area contributed by atoms with Crippen molar-refractivity contribution < 1.29 is 9.45 Å². The molecular weight excluding hydrogens is 344 g/mol. The van der Waals surface area contributed by atoms with Crippen molar-refractivity contribution in [2.75, 3.05) is 31.1 Å². The van der Waals surface area contributed by atoms with Crippen molar-refractivity contribution in [2.45, 2.75) is 6.54 Å². The van der Waals surface area contributed by atoms with E-state index in [1.807, 2.05) is 48.5 Å². The quantitative estimate of drug-likeness (QED) is 0.509. The smallest absolute Gasteiger partial charge is 0.269 e. The van der Waals surface area contributed by atoms with Crippen LogP contribution in [0.15, 0.2) is 65.2 Å². The number of nitro benzene ring substituents is 1. The van der Waals surface area contributed by atoms with Crippen LogP contribution in [0.4, 0.5) is 11.4 Å².